The fourth-order valence-corrected chi connectivity index (χ4v) is 2.99. The molecule has 7 heteroatoms. The van der Waals surface area contributed by atoms with Gasteiger partial charge in [0.1, 0.15) is 0 Å². The first kappa shape index (κ1) is 15.3. The molecule has 0 spiro atoms. The lowest BCUT2D eigenvalue weighted by Crippen LogP contribution is -2.49. The third kappa shape index (κ3) is 3.71. The molecule has 0 aliphatic carbocycles. The second kappa shape index (κ2) is 6.56. The van der Waals surface area contributed by atoms with Gasteiger partial charge in [-0.25, -0.2) is 0 Å². The lowest BCUT2D eigenvalue weighted by molar-refractivity contribution is -0.138. The van der Waals surface area contributed by atoms with Crippen LogP contribution in [0.1, 0.15) is 10.4 Å². The Balaban J connectivity index is 1.99. The molecule has 108 valence electrons. The van der Waals surface area contributed by atoms with Gasteiger partial charge in [0.05, 0.1) is 12.1 Å². The van der Waals surface area contributed by atoms with E-state index in [-0.39, 0.29) is 12.5 Å². The first-order valence-electron chi connectivity index (χ1n) is 6.16. The summed E-state index contributed by atoms with van der Waals surface area (Å²) in [4.78, 5) is 26.6. The van der Waals surface area contributed by atoms with Gasteiger partial charge in [0.15, 0.2) is 0 Å². The smallest absolute Gasteiger partial charge is 0.317 e. The quantitative estimate of drug-likeness (QED) is 0.894. The molecule has 1 amide bonds. The Bertz CT molecular complexity index is 530. The zero-order valence-electron chi connectivity index (χ0n) is 10.7. The SMILES string of the molecule is O=C(O)CN1CCN(C(=O)c2ccc(Cl)cc2Br)CC1. The van der Waals surface area contributed by atoms with Crippen LogP contribution in [0.5, 0.6) is 0 Å². The van der Waals surface area contributed by atoms with Crippen LogP contribution in [0.25, 0.3) is 0 Å². The van der Waals surface area contributed by atoms with Crippen LogP contribution in [-0.4, -0.2) is 59.5 Å². The molecule has 0 radical (unpaired) electrons. The number of piperazine rings is 1. The van der Waals surface area contributed by atoms with E-state index in [0.29, 0.717) is 41.2 Å². The lowest BCUT2D eigenvalue weighted by atomic mass is 10.2. The van der Waals surface area contributed by atoms with Crippen LogP contribution in [0.3, 0.4) is 0 Å². The van der Waals surface area contributed by atoms with Crippen LogP contribution < -0.4 is 0 Å². The number of carbonyl (C=O) groups is 2. The van der Waals surface area contributed by atoms with Crippen LogP contribution >= 0.6 is 27.5 Å². The Morgan fingerprint density at radius 1 is 1.25 bits per heavy atom. The first-order valence-corrected chi connectivity index (χ1v) is 7.33. The molecule has 1 fully saturated rings. The van der Waals surface area contributed by atoms with E-state index >= 15 is 0 Å². The number of nitrogens with zero attached hydrogens (tertiary/aromatic N) is 2. The summed E-state index contributed by atoms with van der Waals surface area (Å²) in [6, 6.07) is 5.06. The van der Waals surface area contributed by atoms with Crippen molar-refractivity contribution in [3.63, 3.8) is 0 Å². The Morgan fingerprint density at radius 3 is 2.45 bits per heavy atom. The van der Waals surface area contributed by atoms with Crippen LogP contribution in [0.15, 0.2) is 22.7 Å². The lowest BCUT2D eigenvalue weighted by Gasteiger charge is -2.34. The Morgan fingerprint density at radius 2 is 1.90 bits per heavy atom. The summed E-state index contributed by atoms with van der Waals surface area (Å²) in [5.41, 5.74) is 0.570. The zero-order valence-corrected chi connectivity index (χ0v) is 13.0. The Labute approximate surface area is 130 Å². The van der Waals surface area contributed by atoms with Gasteiger partial charge >= 0.3 is 5.97 Å². The molecule has 0 aromatic heterocycles. The van der Waals surface area contributed by atoms with Crippen molar-refractivity contribution in [1.29, 1.82) is 0 Å². The van der Waals surface area contributed by atoms with Crippen LogP contribution in [0, 0.1) is 0 Å². The summed E-state index contributed by atoms with van der Waals surface area (Å²) in [5.74, 6) is -0.909. The van der Waals surface area contributed by atoms with Crippen molar-refractivity contribution in [2.75, 3.05) is 32.7 Å². The largest absolute Gasteiger partial charge is 0.480 e. The van der Waals surface area contributed by atoms with E-state index in [4.69, 9.17) is 16.7 Å². The van der Waals surface area contributed by atoms with Gasteiger partial charge in [0, 0.05) is 35.7 Å². The summed E-state index contributed by atoms with van der Waals surface area (Å²) in [6.45, 7) is 2.22. The number of hydrogen-bond donors (Lipinski definition) is 1. The highest BCUT2D eigenvalue weighted by molar-refractivity contribution is 9.10. The fraction of sp³-hybridized carbons (Fsp3) is 0.385. The third-order valence-electron chi connectivity index (χ3n) is 3.18. The number of aliphatic carboxylic acids is 1. The van der Waals surface area contributed by atoms with Gasteiger partial charge in [-0.15, -0.1) is 0 Å². The van der Waals surface area contributed by atoms with Gasteiger partial charge < -0.3 is 10.0 Å². The van der Waals surface area contributed by atoms with Gasteiger partial charge in [-0.2, -0.15) is 0 Å². The van der Waals surface area contributed by atoms with Gasteiger partial charge in [-0.05, 0) is 34.1 Å². The minimum atomic E-state index is -0.842. The van der Waals surface area contributed by atoms with Gasteiger partial charge in [0.2, 0.25) is 0 Å². The van der Waals surface area contributed by atoms with Crippen molar-refractivity contribution in [3.8, 4) is 0 Å². The standard InChI is InChI=1S/C13H14BrClN2O3/c14-11-7-9(15)1-2-10(11)13(20)17-5-3-16(4-6-17)8-12(18)19/h1-2,7H,3-6,8H2,(H,18,19). The van der Waals surface area contributed by atoms with Crippen molar-refractivity contribution in [1.82, 2.24) is 9.80 Å². The van der Waals surface area contributed by atoms with E-state index in [9.17, 15) is 9.59 Å². The number of carboxylic acid groups (broad SMARTS) is 1. The summed E-state index contributed by atoms with van der Waals surface area (Å²) in [6.07, 6.45) is 0. The molecule has 5 nitrogen and oxygen atoms in total. The van der Waals surface area contributed by atoms with Crippen molar-refractivity contribution >= 4 is 39.4 Å². The number of hydrogen-bond acceptors (Lipinski definition) is 3. The molecule has 0 saturated carbocycles. The fourth-order valence-electron chi connectivity index (χ4n) is 2.13. The third-order valence-corrected chi connectivity index (χ3v) is 4.07. The van der Waals surface area contributed by atoms with Crippen LogP contribution in [0.2, 0.25) is 5.02 Å². The molecule has 0 bridgehead atoms. The summed E-state index contributed by atoms with van der Waals surface area (Å²) in [7, 11) is 0. The molecule has 1 aliphatic heterocycles. The average Bonchev–Trinajstić information content (AvgIpc) is 2.38. The minimum absolute atomic E-state index is 0.0205. The molecule has 20 heavy (non-hydrogen) atoms. The van der Waals surface area contributed by atoms with Crippen molar-refractivity contribution in [2.45, 2.75) is 0 Å². The summed E-state index contributed by atoms with van der Waals surface area (Å²) < 4.78 is 0.669. The predicted octanol–water partition coefficient (Wildman–Crippen LogP) is 1.94. The number of amides is 1. The monoisotopic (exact) mass is 360 g/mol. The molecule has 1 heterocycles. The molecule has 0 unspecified atom stereocenters. The van der Waals surface area contributed by atoms with Crippen molar-refractivity contribution < 1.29 is 14.7 Å². The summed E-state index contributed by atoms with van der Waals surface area (Å²) in [5, 5.41) is 9.31. The van der Waals surface area contributed by atoms with E-state index < -0.39 is 5.97 Å². The molecule has 1 saturated heterocycles. The molecule has 2 rings (SSSR count). The molecular formula is C13H14BrClN2O3. The number of rotatable bonds is 3. The highest BCUT2D eigenvalue weighted by Gasteiger charge is 2.24. The number of carboxylic acids is 1. The molecule has 1 aromatic carbocycles. The topological polar surface area (TPSA) is 60.9 Å². The molecule has 1 aliphatic rings. The molecule has 0 atom stereocenters. The van der Waals surface area contributed by atoms with Crippen molar-refractivity contribution in [2.24, 2.45) is 0 Å². The highest BCUT2D eigenvalue weighted by atomic mass is 79.9. The average molecular weight is 362 g/mol. The number of halogens is 2. The Hall–Kier alpha value is -1.11. The van der Waals surface area contributed by atoms with E-state index in [2.05, 4.69) is 15.9 Å². The summed E-state index contributed by atoms with van der Waals surface area (Å²) >= 11 is 9.20. The second-order valence-electron chi connectivity index (χ2n) is 4.59. The number of benzene rings is 1. The van der Waals surface area contributed by atoms with Gasteiger partial charge in [-0.3, -0.25) is 14.5 Å². The van der Waals surface area contributed by atoms with Gasteiger partial charge in [-0.1, -0.05) is 11.6 Å². The maximum atomic E-state index is 12.4. The van der Waals surface area contributed by atoms with Gasteiger partial charge in [0.25, 0.3) is 5.91 Å². The normalized spacial score (nSPS) is 16.2. The van der Waals surface area contributed by atoms with E-state index in [1.54, 1.807) is 23.1 Å². The first-order chi connectivity index (χ1) is 9.47. The molecule has 1 N–H and O–H groups in total. The van der Waals surface area contributed by atoms with E-state index in [1.807, 2.05) is 4.90 Å². The van der Waals surface area contributed by atoms with E-state index in [0.717, 1.165) is 0 Å². The van der Waals surface area contributed by atoms with Crippen LogP contribution in [0.4, 0.5) is 0 Å². The van der Waals surface area contributed by atoms with Crippen molar-refractivity contribution in [3.05, 3.63) is 33.3 Å². The van der Waals surface area contributed by atoms with Crippen LogP contribution in [-0.2, 0) is 4.79 Å². The maximum absolute atomic E-state index is 12.4. The Kier molecular flexibility index (Phi) is 5.01. The number of carbonyl (C=O) groups excluding carboxylic acids is 1. The molecule has 1 aromatic rings. The van der Waals surface area contributed by atoms with E-state index in [1.165, 1.54) is 0 Å². The second-order valence-corrected chi connectivity index (χ2v) is 5.88. The minimum Gasteiger partial charge on any atom is -0.480 e. The zero-order chi connectivity index (χ0) is 14.7. The predicted molar refractivity (Wildman–Crippen MR) is 79.1 cm³/mol. The molecular weight excluding hydrogens is 348 g/mol. The maximum Gasteiger partial charge on any atom is 0.317 e. The highest BCUT2D eigenvalue weighted by Crippen LogP contribution is 2.23.